The molecule has 6 nitrogen and oxygen atoms in total. The third-order valence-corrected chi connectivity index (χ3v) is 4.09. The minimum absolute atomic E-state index is 0.282. The van der Waals surface area contributed by atoms with Crippen molar-refractivity contribution in [2.45, 2.75) is 45.1 Å². The van der Waals surface area contributed by atoms with Gasteiger partial charge in [0.2, 0.25) is 0 Å². The van der Waals surface area contributed by atoms with Gasteiger partial charge in [0.1, 0.15) is 11.4 Å². The van der Waals surface area contributed by atoms with E-state index in [0.29, 0.717) is 25.2 Å². The Hall–Kier alpha value is -2.11. The highest BCUT2D eigenvalue weighted by molar-refractivity contribution is 5.99. The van der Waals surface area contributed by atoms with Crippen LogP contribution < -0.4 is 10.6 Å². The van der Waals surface area contributed by atoms with Crippen LogP contribution in [0.2, 0.25) is 0 Å². The van der Waals surface area contributed by atoms with Crippen LogP contribution in [-0.2, 0) is 4.79 Å². The van der Waals surface area contributed by atoms with Crippen molar-refractivity contribution in [1.29, 1.82) is 0 Å². The summed E-state index contributed by atoms with van der Waals surface area (Å²) in [7, 11) is 0. The molecule has 0 aromatic carbocycles. The van der Waals surface area contributed by atoms with Crippen molar-refractivity contribution in [2.24, 2.45) is 5.73 Å². The predicted octanol–water partition coefficient (Wildman–Crippen LogP) is 1.71. The van der Waals surface area contributed by atoms with Crippen LogP contribution >= 0.6 is 0 Å². The summed E-state index contributed by atoms with van der Waals surface area (Å²) in [5.74, 6) is -1.04. The van der Waals surface area contributed by atoms with Crippen molar-refractivity contribution in [3.05, 3.63) is 23.4 Å². The highest BCUT2D eigenvalue weighted by atomic mass is 16.4. The molecule has 1 unspecified atom stereocenters. The van der Waals surface area contributed by atoms with Crippen LogP contribution in [-0.4, -0.2) is 34.1 Å². The molecule has 2 rings (SSSR count). The first-order chi connectivity index (χ1) is 9.92. The average molecular weight is 291 g/mol. The van der Waals surface area contributed by atoms with Crippen molar-refractivity contribution < 1.29 is 14.7 Å². The first-order valence-electron chi connectivity index (χ1n) is 7.21. The fourth-order valence-electron chi connectivity index (χ4n) is 3.13. The zero-order valence-electron chi connectivity index (χ0n) is 12.4. The Balaban J connectivity index is 2.56. The number of carboxylic acids is 1. The van der Waals surface area contributed by atoms with Gasteiger partial charge in [-0.05, 0) is 38.3 Å². The Morgan fingerprint density at radius 1 is 1.48 bits per heavy atom. The summed E-state index contributed by atoms with van der Waals surface area (Å²) in [6.45, 7) is 4.34. The zero-order chi connectivity index (χ0) is 15.6. The first kappa shape index (κ1) is 15.3. The highest BCUT2D eigenvalue weighted by Crippen LogP contribution is 2.38. The Kier molecular flexibility index (Phi) is 4.16. The predicted molar refractivity (Wildman–Crippen MR) is 79.3 cm³/mol. The lowest BCUT2D eigenvalue weighted by Gasteiger charge is -2.36. The van der Waals surface area contributed by atoms with Gasteiger partial charge < -0.3 is 15.7 Å². The molecule has 6 heteroatoms. The van der Waals surface area contributed by atoms with Gasteiger partial charge in [0.05, 0.1) is 5.56 Å². The van der Waals surface area contributed by atoms with E-state index in [0.717, 1.165) is 18.5 Å². The lowest BCUT2D eigenvalue weighted by atomic mass is 9.90. The third kappa shape index (κ3) is 2.57. The number of amides is 1. The van der Waals surface area contributed by atoms with Gasteiger partial charge in [-0.15, -0.1) is 0 Å². The van der Waals surface area contributed by atoms with Crippen LogP contribution in [0.3, 0.4) is 0 Å². The molecule has 1 fully saturated rings. The van der Waals surface area contributed by atoms with Crippen molar-refractivity contribution in [3.8, 4) is 0 Å². The summed E-state index contributed by atoms with van der Waals surface area (Å²) in [6, 6.07) is 3.33. The Morgan fingerprint density at radius 3 is 2.76 bits per heavy atom. The second-order valence-corrected chi connectivity index (χ2v) is 5.53. The minimum Gasteiger partial charge on any atom is -0.479 e. The minimum atomic E-state index is -0.986. The lowest BCUT2D eigenvalue weighted by molar-refractivity contribution is -0.143. The Bertz CT molecular complexity index is 573. The molecule has 1 atom stereocenters. The summed E-state index contributed by atoms with van der Waals surface area (Å²) >= 11 is 0. The number of aliphatic carboxylic acids is 1. The smallest absolute Gasteiger partial charge is 0.329 e. The molecule has 3 N–H and O–H groups in total. The van der Waals surface area contributed by atoms with Crippen LogP contribution in [0.25, 0.3) is 0 Å². The summed E-state index contributed by atoms with van der Waals surface area (Å²) in [6.07, 6.45) is 2.60. The number of aromatic nitrogens is 1. The summed E-state index contributed by atoms with van der Waals surface area (Å²) in [5, 5.41) is 9.74. The molecule has 1 saturated heterocycles. The number of nitrogens with zero attached hydrogens (tertiary/aromatic N) is 2. The van der Waals surface area contributed by atoms with Gasteiger partial charge in [0.25, 0.3) is 5.91 Å². The fraction of sp³-hybridized carbons (Fsp3) is 0.533. The topological polar surface area (TPSA) is 96.5 Å². The molecule has 0 saturated carbocycles. The van der Waals surface area contributed by atoms with Gasteiger partial charge >= 0.3 is 5.97 Å². The number of carboxylic acid groups (broad SMARTS) is 1. The standard InChI is InChI=1S/C15H21N3O3/c1-3-7-15(14(20)21)8-4-9-18(15)13-11(12(16)19)6-5-10(2)17-13/h5-6H,3-4,7-9H2,1-2H3,(H2,16,19)(H,20,21). The first-order valence-corrected chi connectivity index (χ1v) is 7.21. The van der Waals surface area contributed by atoms with E-state index < -0.39 is 17.4 Å². The van der Waals surface area contributed by atoms with E-state index in [-0.39, 0.29) is 5.56 Å². The Morgan fingerprint density at radius 2 is 2.19 bits per heavy atom. The van der Waals surface area contributed by atoms with Crippen LogP contribution in [0.1, 0.15) is 48.7 Å². The third-order valence-electron chi connectivity index (χ3n) is 4.09. The van der Waals surface area contributed by atoms with E-state index in [9.17, 15) is 14.7 Å². The molecule has 0 aliphatic carbocycles. The molecule has 1 aliphatic rings. The maximum atomic E-state index is 11.9. The van der Waals surface area contributed by atoms with E-state index in [4.69, 9.17) is 5.73 Å². The van der Waals surface area contributed by atoms with Crippen LogP contribution in [0.4, 0.5) is 5.82 Å². The second kappa shape index (κ2) is 5.71. The lowest BCUT2D eigenvalue weighted by Crippen LogP contribution is -2.51. The van der Waals surface area contributed by atoms with E-state index in [1.165, 1.54) is 0 Å². The SMILES string of the molecule is CCCC1(C(=O)O)CCCN1c1nc(C)ccc1C(N)=O. The van der Waals surface area contributed by atoms with Crippen LogP contribution in [0.5, 0.6) is 0 Å². The largest absolute Gasteiger partial charge is 0.479 e. The molecule has 1 aromatic rings. The zero-order valence-corrected chi connectivity index (χ0v) is 12.4. The maximum Gasteiger partial charge on any atom is 0.329 e. The number of rotatable bonds is 5. The van der Waals surface area contributed by atoms with Crippen molar-refractivity contribution in [2.75, 3.05) is 11.4 Å². The summed E-state index contributed by atoms with van der Waals surface area (Å²) in [5.41, 5.74) is 5.45. The van der Waals surface area contributed by atoms with E-state index in [2.05, 4.69) is 4.98 Å². The van der Waals surface area contributed by atoms with Gasteiger partial charge in [-0.2, -0.15) is 0 Å². The van der Waals surface area contributed by atoms with Crippen molar-refractivity contribution in [1.82, 2.24) is 4.98 Å². The van der Waals surface area contributed by atoms with Gasteiger partial charge in [-0.3, -0.25) is 4.79 Å². The molecule has 114 valence electrons. The highest BCUT2D eigenvalue weighted by Gasteiger charge is 2.48. The van der Waals surface area contributed by atoms with Gasteiger partial charge in [0.15, 0.2) is 0 Å². The molecule has 0 spiro atoms. The van der Waals surface area contributed by atoms with Crippen LogP contribution in [0, 0.1) is 6.92 Å². The molecular formula is C15H21N3O3. The van der Waals surface area contributed by atoms with Crippen molar-refractivity contribution in [3.63, 3.8) is 0 Å². The summed E-state index contributed by atoms with van der Waals surface area (Å²) < 4.78 is 0. The summed E-state index contributed by atoms with van der Waals surface area (Å²) in [4.78, 5) is 29.7. The van der Waals surface area contributed by atoms with E-state index in [1.807, 2.05) is 13.8 Å². The Labute approximate surface area is 124 Å². The monoisotopic (exact) mass is 291 g/mol. The normalized spacial score (nSPS) is 21.5. The molecule has 0 radical (unpaired) electrons. The number of pyridine rings is 1. The van der Waals surface area contributed by atoms with Gasteiger partial charge in [-0.1, -0.05) is 13.3 Å². The molecule has 2 heterocycles. The number of carbonyl (C=O) groups is 2. The quantitative estimate of drug-likeness (QED) is 0.861. The molecule has 1 amide bonds. The maximum absolute atomic E-state index is 11.9. The number of primary amides is 1. The molecule has 1 aliphatic heterocycles. The van der Waals surface area contributed by atoms with Crippen molar-refractivity contribution >= 4 is 17.7 Å². The molecule has 1 aromatic heterocycles. The van der Waals surface area contributed by atoms with Gasteiger partial charge in [-0.25, -0.2) is 9.78 Å². The number of carbonyl (C=O) groups excluding carboxylic acids is 1. The number of nitrogens with two attached hydrogens (primary N) is 1. The number of hydrogen-bond donors (Lipinski definition) is 2. The average Bonchev–Trinajstić information content (AvgIpc) is 2.83. The molecule has 0 bridgehead atoms. The molecular weight excluding hydrogens is 270 g/mol. The number of hydrogen-bond acceptors (Lipinski definition) is 4. The van der Waals surface area contributed by atoms with E-state index >= 15 is 0 Å². The van der Waals surface area contributed by atoms with Crippen LogP contribution in [0.15, 0.2) is 12.1 Å². The van der Waals surface area contributed by atoms with Gasteiger partial charge in [0, 0.05) is 12.2 Å². The molecule has 21 heavy (non-hydrogen) atoms. The fourth-order valence-corrected chi connectivity index (χ4v) is 3.13. The van der Waals surface area contributed by atoms with E-state index in [1.54, 1.807) is 17.0 Å². The second-order valence-electron chi connectivity index (χ2n) is 5.53. The number of aryl methyl sites for hydroxylation is 1. The number of anilines is 1.